The number of aliphatic hydroxyl groups is 1. The van der Waals surface area contributed by atoms with Crippen molar-refractivity contribution in [3.05, 3.63) is 65.7 Å². The van der Waals surface area contributed by atoms with E-state index in [1.165, 1.54) is 6.07 Å². The second-order valence-corrected chi connectivity index (χ2v) is 5.80. The van der Waals surface area contributed by atoms with Crippen molar-refractivity contribution in [3.8, 4) is 0 Å². The lowest BCUT2D eigenvalue weighted by molar-refractivity contribution is -0.129. The molecule has 24 heavy (non-hydrogen) atoms. The van der Waals surface area contributed by atoms with Crippen molar-refractivity contribution < 1.29 is 14.3 Å². The summed E-state index contributed by atoms with van der Waals surface area (Å²) in [5.41, 5.74) is 1.00. The van der Waals surface area contributed by atoms with Gasteiger partial charge in [0.2, 0.25) is 0 Å². The molecule has 0 saturated heterocycles. The second kappa shape index (κ2) is 6.86. The summed E-state index contributed by atoms with van der Waals surface area (Å²) in [4.78, 5) is 18.0. The predicted molar refractivity (Wildman–Crippen MR) is 87.6 cm³/mol. The highest BCUT2D eigenvalue weighted by molar-refractivity contribution is 5.95. The van der Waals surface area contributed by atoms with Crippen molar-refractivity contribution in [2.24, 2.45) is 0 Å². The Bertz CT molecular complexity index is 755. The first-order valence-corrected chi connectivity index (χ1v) is 8.06. The lowest BCUT2D eigenvalue weighted by Gasteiger charge is -2.27. The number of rotatable bonds is 6. The van der Waals surface area contributed by atoms with Crippen LogP contribution in [0.4, 0.5) is 4.39 Å². The average molecular weight is 329 g/mol. The first-order chi connectivity index (χ1) is 11.6. The minimum absolute atomic E-state index is 0.242. The number of aliphatic hydroxyl groups excluding tert-OH is 1. The highest BCUT2D eigenvalue weighted by Crippen LogP contribution is 2.39. The van der Waals surface area contributed by atoms with Crippen LogP contribution in [0.15, 0.2) is 54.3 Å². The molecular formula is C18H20FN3O2. The first-order valence-electron chi connectivity index (χ1n) is 8.06. The van der Waals surface area contributed by atoms with E-state index in [9.17, 15) is 14.3 Å². The summed E-state index contributed by atoms with van der Waals surface area (Å²) in [6.07, 6.45) is 6.46. The van der Waals surface area contributed by atoms with Crippen LogP contribution in [0.3, 0.4) is 0 Å². The number of nitrogens with zero attached hydrogens (tertiary/aromatic N) is 3. The molecule has 1 aliphatic rings. The van der Waals surface area contributed by atoms with E-state index in [-0.39, 0.29) is 11.6 Å². The minimum atomic E-state index is -0.536. The molecular weight excluding hydrogens is 309 g/mol. The number of halogens is 1. The Kier molecular flexibility index (Phi) is 4.64. The smallest absolute Gasteiger partial charge is 0.289 e. The van der Waals surface area contributed by atoms with Gasteiger partial charge in [-0.2, -0.15) is 0 Å². The van der Waals surface area contributed by atoms with E-state index < -0.39 is 11.9 Å². The Balaban J connectivity index is 1.83. The van der Waals surface area contributed by atoms with E-state index in [0.29, 0.717) is 37.1 Å². The van der Waals surface area contributed by atoms with E-state index in [0.717, 1.165) is 0 Å². The van der Waals surface area contributed by atoms with Gasteiger partial charge in [0, 0.05) is 36.6 Å². The summed E-state index contributed by atoms with van der Waals surface area (Å²) in [6.45, 7) is 3.00. The lowest BCUT2D eigenvalue weighted by atomic mass is 9.97. The zero-order valence-corrected chi connectivity index (χ0v) is 13.5. The number of carbonyl (C=O) groups is 1. The molecule has 1 atom stereocenters. The van der Waals surface area contributed by atoms with Gasteiger partial charge in [-0.3, -0.25) is 4.79 Å². The standard InChI is InChI=1S/C18H20FN3O2/c1-2-13-16(14-6-3-4-7-15(14)19)22(18(24)17(13)23)10-5-9-21-11-8-20-12-21/h3-4,6-8,11-12,16,23H,2,5,9-10H2,1H3. The van der Waals surface area contributed by atoms with Crippen molar-refractivity contribution in [2.45, 2.75) is 32.4 Å². The van der Waals surface area contributed by atoms with Gasteiger partial charge in [0.15, 0.2) is 5.76 Å². The Morgan fingerprint density at radius 1 is 1.29 bits per heavy atom. The van der Waals surface area contributed by atoms with Crippen LogP contribution in [0.25, 0.3) is 0 Å². The van der Waals surface area contributed by atoms with Crippen LogP contribution in [0, 0.1) is 5.82 Å². The predicted octanol–water partition coefficient (Wildman–Crippen LogP) is 3.22. The number of imidazole rings is 1. The van der Waals surface area contributed by atoms with E-state index in [1.807, 2.05) is 17.7 Å². The summed E-state index contributed by atoms with van der Waals surface area (Å²) in [6, 6.07) is 5.88. The van der Waals surface area contributed by atoms with Crippen LogP contribution in [-0.4, -0.2) is 32.0 Å². The summed E-state index contributed by atoms with van der Waals surface area (Å²) in [7, 11) is 0. The SMILES string of the molecule is CCC1=C(O)C(=O)N(CCCn2ccnc2)C1c1ccccc1F. The van der Waals surface area contributed by atoms with Gasteiger partial charge in [-0.1, -0.05) is 25.1 Å². The van der Waals surface area contributed by atoms with Crippen LogP contribution < -0.4 is 0 Å². The second-order valence-electron chi connectivity index (χ2n) is 5.80. The molecule has 0 aliphatic carbocycles. The fourth-order valence-corrected chi connectivity index (χ4v) is 3.19. The molecule has 3 rings (SSSR count). The van der Waals surface area contributed by atoms with Crippen molar-refractivity contribution >= 4 is 5.91 Å². The van der Waals surface area contributed by atoms with E-state index in [4.69, 9.17) is 0 Å². The monoisotopic (exact) mass is 329 g/mol. The molecule has 5 nitrogen and oxygen atoms in total. The minimum Gasteiger partial charge on any atom is -0.503 e. The molecule has 6 heteroatoms. The van der Waals surface area contributed by atoms with Crippen LogP contribution in [0.5, 0.6) is 0 Å². The lowest BCUT2D eigenvalue weighted by Crippen LogP contribution is -2.32. The van der Waals surface area contributed by atoms with Crippen molar-refractivity contribution in [3.63, 3.8) is 0 Å². The number of hydrogen-bond donors (Lipinski definition) is 1. The highest BCUT2D eigenvalue weighted by Gasteiger charge is 2.40. The fraction of sp³-hybridized carbons (Fsp3) is 0.333. The summed E-state index contributed by atoms with van der Waals surface area (Å²) in [5.74, 6) is -1.03. The third-order valence-electron chi connectivity index (χ3n) is 4.36. The Morgan fingerprint density at radius 2 is 2.08 bits per heavy atom. The van der Waals surface area contributed by atoms with Crippen LogP contribution in [0.2, 0.25) is 0 Å². The van der Waals surface area contributed by atoms with Gasteiger partial charge < -0.3 is 14.6 Å². The molecule has 1 aromatic heterocycles. The molecule has 1 amide bonds. The maximum atomic E-state index is 14.3. The van der Waals surface area contributed by atoms with Gasteiger partial charge in [0.1, 0.15) is 5.82 Å². The van der Waals surface area contributed by atoms with Gasteiger partial charge in [-0.05, 0) is 18.9 Å². The molecule has 1 aliphatic heterocycles. The van der Waals surface area contributed by atoms with Gasteiger partial charge >= 0.3 is 0 Å². The van der Waals surface area contributed by atoms with E-state index in [2.05, 4.69) is 4.98 Å². The molecule has 126 valence electrons. The molecule has 0 saturated carbocycles. The number of benzene rings is 1. The van der Waals surface area contributed by atoms with E-state index in [1.54, 1.807) is 35.6 Å². The molecule has 0 fully saturated rings. The van der Waals surface area contributed by atoms with E-state index >= 15 is 0 Å². The zero-order valence-electron chi connectivity index (χ0n) is 13.5. The first kappa shape index (κ1) is 16.2. The quantitative estimate of drug-likeness (QED) is 0.885. The topological polar surface area (TPSA) is 58.4 Å². The van der Waals surface area contributed by atoms with Crippen molar-refractivity contribution in [1.82, 2.24) is 14.5 Å². The summed E-state index contributed by atoms with van der Waals surface area (Å²) in [5, 5.41) is 10.2. The van der Waals surface area contributed by atoms with Crippen LogP contribution in [-0.2, 0) is 11.3 Å². The Labute approximate surface area is 140 Å². The maximum Gasteiger partial charge on any atom is 0.289 e. The molecule has 0 bridgehead atoms. The molecule has 0 radical (unpaired) electrons. The van der Waals surface area contributed by atoms with Crippen LogP contribution >= 0.6 is 0 Å². The van der Waals surface area contributed by atoms with Gasteiger partial charge in [-0.15, -0.1) is 0 Å². The largest absolute Gasteiger partial charge is 0.503 e. The van der Waals surface area contributed by atoms with Gasteiger partial charge in [0.05, 0.1) is 12.4 Å². The fourth-order valence-electron chi connectivity index (χ4n) is 3.19. The average Bonchev–Trinajstić information content (AvgIpc) is 3.17. The number of hydrogen-bond acceptors (Lipinski definition) is 3. The maximum absolute atomic E-state index is 14.3. The summed E-state index contributed by atoms with van der Waals surface area (Å²) < 4.78 is 16.2. The molecule has 1 unspecified atom stereocenters. The zero-order chi connectivity index (χ0) is 17.1. The molecule has 2 heterocycles. The normalized spacial score (nSPS) is 17.8. The number of aromatic nitrogens is 2. The summed E-state index contributed by atoms with van der Waals surface area (Å²) >= 11 is 0. The number of amides is 1. The van der Waals surface area contributed by atoms with Crippen molar-refractivity contribution in [1.29, 1.82) is 0 Å². The van der Waals surface area contributed by atoms with Gasteiger partial charge in [-0.25, -0.2) is 9.37 Å². The Morgan fingerprint density at radius 3 is 2.75 bits per heavy atom. The number of aryl methyl sites for hydroxylation is 1. The molecule has 2 aromatic rings. The molecule has 1 N–H and O–H groups in total. The van der Waals surface area contributed by atoms with Crippen molar-refractivity contribution in [2.75, 3.05) is 6.54 Å². The van der Waals surface area contributed by atoms with Crippen LogP contribution in [0.1, 0.15) is 31.4 Å². The van der Waals surface area contributed by atoms with Gasteiger partial charge in [0.25, 0.3) is 5.91 Å². The molecule has 1 aromatic carbocycles. The highest BCUT2D eigenvalue weighted by atomic mass is 19.1. The Hall–Kier alpha value is -2.63. The number of carbonyl (C=O) groups excluding carboxylic acids is 1. The third-order valence-corrected chi connectivity index (χ3v) is 4.36. The molecule has 0 spiro atoms. The third kappa shape index (κ3) is 2.91.